The molecule has 5 nitrogen and oxygen atoms in total. The Kier molecular flexibility index (Phi) is 3.30. The summed E-state index contributed by atoms with van der Waals surface area (Å²) in [5.41, 5.74) is -1.86. The van der Waals surface area contributed by atoms with Crippen molar-refractivity contribution in [2.24, 2.45) is 0 Å². The fourth-order valence-corrected chi connectivity index (χ4v) is 1.94. The lowest BCUT2D eigenvalue weighted by atomic mass is 10.3. The van der Waals surface area contributed by atoms with Gasteiger partial charge in [-0.05, 0) is 0 Å². The van der Waals surface area contributed by atoms with E-state index in [1.54, 1.807) is 0 Å². The normalized spacial score (nSPS) is 11.4. The number of pyridine rings is 1. The second-order valence-electron chi connectivity index (χ2n) is 2.59. The average Bonchev–Trinajstić information content (AvgIpc) is 2.15. The van der Waals surface area contributed by atoms with E-state index in [9.17, 15) is 17.2 Å². The topological polar surface area (TPSA) is 91.0 Å². The highest BCUT2D eigenvalue weighted by Crippen LogP contribution is 2.31. The van der Waals surface area contributed by atoms with Crippen LogP contribution >= 0.6 is 10.7 Å². The third kappa shape index (κ3) is 2.37. The van der Waals surface area contributed by atoms with Gasteiger partial charge < -0.3 is 5.11 Å². The molecule has 0 spiro atoms. The van der Waals surface area contributed by atoms with E-state index >= 15 is 0 Å². The third-order valence-electron chi connectivity index (χ3n) is 1.57. The summed E-state index contributed by atoms with van der Waals surface area (Å²) in [6.45, 7) is 0. The van der Waals surface area contributed by atoms with E-state index < -0.39 is 37.5 Å². The van der Waals surface area contributed by atoms with Crippen molar-refractivity contribution in [1.29, 1.82) is 5.26 Å². The highest BCUT2D eigenvalue weighted by atomic mass is 35.7. The molecule has 1 heterocycles. The van der Waals surface area contributed by atoms with Gasteiger partial charge in [-0.25, -0.2) is 22.2 Å². The average molecular weight is 269 g/mol. The number of hydrogen-bond donors (Lipinski definition) is 1. The zero-order chi connectivity index (χ0) is 12.5. The number of aromatic nitrogens is 1. The molecule has 0 saturated heterocycles. The molecule has 0 radical (unpaired) electrons. The minimum absolute atomic E-state index is 0.468. The number of halogens is 3. The van der Waals surface area contributed by atoms with Crippen LogP contribution in [0.3, 0.4) is 0 Å². The molecule has 1 aromatic rings. The van der Waals surface area contributed by atoms with E-state index in [1.165, 1.54) is 6.07 Å². The van der Waals surface area contributed by atoms with Crippen LogP contribution in [0.2, 0.25) is 0 Å². The molecule has 0 saturated carbocycles. The number of nitriles is 1. The van der Waals surface area contributed by atoms with Crippen LogP contribution in [0, 0.1) is 11.3 Å². The lowest BCUT2D eigenvalue weighted by Crippen LogP contribution is -2.03. The Labute approximate surface area is 93.3 Å². The maximum atomic E-state index is 12.4. The molecule has 16 heavy (non-hydrogen) atoms. The molecule has 0 atom stereocenters. The fourth-order valence-electron chi connectivity index (χ4n) is 0.933. The van der Waals surface area contributed by atoms with E-state index in [-0.39, 0.29) is 0 Å². The van der Waals surface area contributed by atoms with Gasteiger partial charge >= 0.3 is 0 Å². The Bertz CT molecular complexity index is 568. The van der Waals surface area contributed by atoms with Crippen molar-refractivity contribution < 1.29 is 22.3 Å². The summed E-state index contributed by atoms with van der Waals surface area (Å²) in [5.74, 6) is -0.828. The van der Waals surface area contributed by atoms with Crippen LogP contribution in [0.25, 0.3) is 0 Å². The van der Waals surface area contributed by atoms with Crippen molar-refractivity contribution in [1.82, 2.24) is 4.98 Å². The SMILES string of the molecule is N#Cc1nc(C(F)F)c(S(=O)(=O)Cl)cc1O. The number of rotatable bonds is 2. The second-order valence-corrected chi connectivity index (χ2v) is 5.12. The molecule has 1 aromatic heterocycles. The van der Waals surface area contributed by atoms with Gasteiger partial charge in [0.15, 0.2) is 11.4 Å². The minimum atomic E-state index is -4.47. The van der Waals surface area contributed by atoms with Gasteiger partial charge in [0, 0.05) is 16.7 Å². The first-order chi connectivity index (χ1) is 7.27. The Hall–Kier alpha value is -1.46. The molecular formula is C7H3ClF2N2O3S. The molecule has 1 rings (SSSR count). The molecular weight excluding hydrogens is 266 g/mol. The van der Waals surface area contributed by atoms with Crippen LogP contribution < -0.4 is 0 Å². The van der Waals surface area contributed by atoms with Gasteiger partial charge in [0.25, 0.3) is 15.5 Å². The van der Waals surface area contributed by atoms with Gasteiger partial charge in [-0.1, -0.05) is 0 Å². The van der Waals surface area contributed by atoms with Crippen molar-refractivity contribution in [2.45, 2.75) is 11.3 Å². The van der Waals surface area contributed by atoms with Crippen molar-refractivity contribution in [3.63, 3.8) is 0 Å². The van der Waals surface area contributed by atoms with Crippen LogP contribution in [-0.4, -0.2) is 18.5 Å². The molecule has 0 bridgehead atoms. The second kappa shape index (κ2) is 4.19. The standard InChI is InChI=1S/C7H3ClF2N2O3S/c8-16(14,15)5-1-4(13)3(2-11)12-6(5)7(9)10/h1,7,13H. The fraction of sp³-hybridized carbons (Fsp3) is 0.143. The number of nitrogens with zero attached hydrogens (tertiary/aromatic N) is 2. The Morgan fingerprint density at radius 2 is 2.12 bits per heavy atom. The number of alkyl halides is 2. The largest absolute Gasteiger partial charge is 0.505 e. The maximum Gasteiger partial charge on any atom is 0.281 e. The summed E-state index contributed by atoms with van der Waals surface area (Å²) in [5, 5.41) is 17.5. The summed E-state index contributed by atoms with van der Waals surface area (Å²) in [4.78, 5) is 2.02. The van der Waals surface area contributed by atoms with E-state index in [0.29, 0.717) is 6.07 Å². The Morgan fingerprint density at radius 1 is 1.56 bits per heavy atom. The summed E-state index contributed by atoms with van der Waals surface area (Å²) in [7, 11) is 0.414. The summed E-state index contributed by atoms with van der Waals surface area (Å²) in [6, 6.07) is 1.80. The van der Waals surface area contributed by atoms with Gasteiger partial charge in [-0.15, -0.1) is 0 Å². The summed E-state index contributed by atoms with van der Waals surface area (Å²) < 4.78 is 46.7. The lowest BCUT2D eigenvalue weighted by molar-refractivity contribution is 0.142. The van der Waals surface area contributed by atoms with Crippen molar-refractivity contribution in [3.05, 3.63) is 17.5 Å². The molecule has 0 aliphatic rings. The van der Waals surface area contributed by atoms with Crippen LogP contribution in [0.4, 0.5) is 8.78 Å². The van der Waals surface area contributed by atoms with Crippen LogP contribution in [-0.2, 0) is 9.05 Å². The maximum absolute atomic E-state index is 12.4. The number of aromatic hydroxyl groups is 1. The quantitative estimate of drug-likeness (QED) is 0.821. The highest BCUT2D eigenvalue weighted by Gasteiger charge is 2.26. The first-order valence-corrected chi connectivity index (χ1v) is 5.95. The smallest absolute Gasteiger partial charge is 0.281 e. The molecule has 1 N–H and O–H groups in total. The molecule has 0 aliphatic heterocycles. The van der Waals surface area contributed by atoms with Gasteiger partial charge in [-0.2, -0.15) is 5.26 Å². The predicted molar refractivity (Wildman–Crippen MR) is 48.6 cm³/mol. The minimum Gasteiger partial charge on any atom is -0.505 e. The molecule has 0 unspecified atom stereocenters. The first kappa shape index (κ1) is 12.6. The van der Waals surface area contributed by atoms with Crippen molar-refractivity contribution >= 4 is 19.7 Å². The zero-order valence-corrected chi connectivity index (χ0v) is 8.93. The highest BCUT2D eigenvalue weighted by molar-refractivity contribution is 8.13. The van der Waals surface area contributed by atoms with Crippen LogP contribution in [0.15, 0.2) is 11.0 Å². The third-order valence-corrected chi connectivity index (χ3v) is 2.92. The molecule has 0 aromatic carbocycles. The van der Waals surface area contributed by atoms with Crippen molar-refractivity contribution in [2.75, 3.05) is 0 Å². The molecule has 0 aliphatic carbocycles. The van der Waals surface area contributed by atoms with Gasteiger partial charge in [-0.3, -0.25) is 0 Å². The summed E-state index contributed by atoms with van der Waals surface area (Å²) in [6.07, 6.45) is -3.23. The van der Waals surface area contributed by atoms with E-state index in [1.807, 2.05) is 0 Å². The molecule has 0 fully saturated rings. The summed E-state index contributed by atoms with van der Waals surface area (Å²) >= 11 is 0. The van der Waals surface area contributed by atoms with Gasteiger partial charge in [0.1, 0.15) is 16.7 Å². The number of hydrogen-bond acceptors (Lipinski definition) is 5. The van der Waals surface area contributed by atoms with Gasteiger partial charge in [0.05, 0.1) is 0 Å². The van der Waals surface area contributed by atoms with E-state index in [4.69, 9.17) is 21.1 Å². The first-order valence-electron chi connectivity index (χ1n) is 3.64. The van der Waals surface area contributed by atoms with Crippen LogP contribution in [0.1, 0.15) is 17.8 Å². The molecule has 0 amide bonds. The predicted octanol–water partition coefficient (Wildman–Crippen LogP) is 1.52. The Morgan fingerprint density at radius 3 is 2.50 bits per heavy atom. The van der Waals surface area contributed by atoms with Gasteiger partial charge in [0.2, 0.25) is 0 Å². The lowest BCUT2D eigenvalue weighted by Gasteiger charge is -2.06. The molecule has 86 valence electrons. The van der Waals surface area contributed by atoms with Crippen LogP contribution in [0.5, 0.6) is 5.75 Å². The van der Waals surface area contributed by atoms with Crippen molar-refractivity contribution in [3.8, 4) is 11.8 Å². The molecule has 9 heteroatoms. The zero-order valence-electron chi connectivity index (χ0n) is 7.35. The Balaban J connectivity index is 3.63. The monoisotopic (exact) mass is 268 g/mol. The van der Waals surface area contributed by atoms with E-state index in [2.05, 4.69) is 4.98 Å². The van der Waals surface area contributed by atoms with E-state index in [0.717, 1.165) is 0 Å².